The largest absolute Gasteiger partial charge is 0.496 e. The van der Waals surface area contributed by atoms with Crippen LogP contribution in [0, 0.1) is 6.92 Å². The summed E-state index contributed by atoms with van der Waals surface area (Å²) < 4.78 is 6.08. The third-order valence-electron chi connectivity index (χ3n) is 2.81. The van der Waals surface area contributed by atoms with Gasteiger partial charge >= 0.3 is 0 Å². The van der Waals surface area contributed by atoms with Crippen molar-refractivity contribution in [3.05, 3.63) is 50.7 Å². The Kier molecular flexibility index (Phi) is 4.24. The molecule has 3 N–H and O–H groups in total. The molecule has 0 radical (unpaired) electrons. The number of thiophene rings is 1. The van der Waals surface area contributed by atoms with Gasteiger partial charge in [-0.05, 0) is 36.2 Å². The molecule has 0 amide bonds. The molecule has 0 spiro atoms. The van der Waals surface area contributed by atoms with E-state index in [1.54, 1.807) is 7.11 Å². The van der Waals surface area contributed by atoms with Crippen LogP contribution >= 0.6 is 22.9 Å². The first-order valence-corrected chi connectivity index (χ1v) is 6.71. The highest BCUT2D eigenvalue weighted by Crippen LogP contribution is 2.32. The van der Waals surface area contributed by atoms with E-state index in [9.17, 15) is 0 Å². The van der Waals surface area contributed by atoms with Gasteiger partial charge in [-0.25, -0.2) is 5.43 Å². The molecule has 0 bridgehead atoms. The van der Waals surface area contributed by atoms with E-state index in [1.165, 1.54) is 11.3 Å². The number of nitrogens with two attached hydrogens (primary N) is 1. The first-order chi connectivity index (χ1) is 8.65. The summed E-state index contributed by atoms with van der Waals surface area (Å²) >= 11 is 7.47. The van der Waals surface area contributed by atoms with Crippen molar-refractivity contribution in [2.24, 2.45) is 5.84 Å². The molecule has 18 heavy (non-hydrogen) atoms. The fraction of sp³-hybridized carbons (Fsp3) is 0.231. The fourth-order valence-electron chi connectivity index (χ4n) is 1.84. The number of ether oxygens (including phenoxy) is 1. The second-order valence-electron chi connectivity index (χ2n) is 3.97. The van der Waals surface area contributed by atoms with Gasteiger partial charge in [-0.3, -0.25) is 5.84 Å². The number of hydrogen-bond donors (Lipinski definition) is 2. The highest BCUT2D eigenvalue weighted by molar-refractivity contribution is 7.16. The third-order valence-corrected chi connectivity index (χ3v) is 4.11. The number of hydrazine groups is 1. The van der Waals surface area contributed by atoms with Crippen molar-refractivity contribution in [1.29, 1.82) is 0 Å². The SMILES string of the molecule is COc1cc(C(NN)c2ccc(Cl)s2)ccc1C. The Bertz CT molecular complexity index is 542. The van der Waals surface area contributed by atoms with Gasteiger partial charge in [-0.2, -0.15) is 0 Å². The van der Waals surface area contributed by atoms with Gasteiger partial charge in [-0.15, -0.1) is 11.3 Å². The molecule has 96 valence electrons. The van der Waals surface area contributed by atoms with Crippen LogP contribution in [-0.4, -0.2) is 7.11 Å². The van der Waals surface area contributed by atoms with Crippen LogP contribution in [0.25, 0.3) is 0 Å². The Morgan fingerprint density at radius 1 is 1.33 bits per heavy atom. The van der Waals surface area contributed by atoms with Crippen LogP contribution in [0.2, 0.25) is 4.34 Å². The lowest BCUT2D eigenvalue weighted by molar-refractivity contribution is 0.410. The van der Waals surface area contributed by atoms with Crippen molar-refractivity contribution in [3.63, 3.8) is 0 Å². The molecule has 0 fully saturated rings. The predicted molar refractivity (Wildman–Crippen MR) is 76.2 cm³/mol. The maximum Gasteiger partial charge on any atom is 0.122 e. The van der Waals surface area contributed by atoms with Crippen LogP contribution in [0.3, 0.4) is 0 Å². The minimum atomic E-state index is -0.0722. The average Bonchev–Trinajstić information content (AvgIpc) is 2.79. The maximum atomic E-state index is 5.96. The monoisotopic (exact) mass is 282 g/mol. The zero-order valence-electron chi connectivity index (χ0n) is 10.2. The van der Waals surface area contributed by atoms with E-state index in [1.807, 2.05) is 37.3 Å². The first-order valence-electron chi connectivity index (χ1n) is 5.51. The van der Waals surface area contributed by atoms with Crippen molar-refractivity contribution in [1.82, 2.24) is 5.43 Å². The summed E-state index contributed by atoms with van der Waals surface area (Å²) in [7, 11) is 1.67. The van der Waals surface area contributed by atoms with E-state index >= 15 is 0 Å². The Hall–Kier alpha value is -1.07. The van der Waals surface area contributed by atoms with E-state index in [0.717, 1.165) is 26.1 Å². The Labute approximate surface area is 116 Å². The lowest BCUT2D eigenvalue weighted by Crippen LogP contribution is -2.28. The van der Waals surface area contributed by atoms with E-state index < -0.39 is 0 Å². The van der Waals surface area contributed by atoms with Crippen LogP contribution in [-0.2, 0) is 0 Å². The number of nitrogens with one attached hydrogen (secondary N) is 1. The number of hydrogen-bond acceptors (Lipinski definition) is 4. The summed E-state index contributed by atoms with van der Waals surface area (Å²) in [4.78, 5) is 1.08. The van der Waals surface area contributed by atoms with Crippen LogP contribution in [0.1, 0.15) is 22.0 Å². The maximum absolute atomic E-state index is 5.96. The molecule has 1 atom stereocenters. The quantitative estimate of drug-likeness (QED) is 0.668. The van der Waals surface area contributed by atoms with Gasteiger partial charge in [0.1, 0.15) is 5.75 Å². The predicted octanol–water partition coefficient (Wildman–Crippen LogP) is 3.27. The molecule has 3 nitrogen and oxygen atoms in total. The molecule has 0 aliphatic carbocycles. The van der Waals surface area contributed by atoms with Crippen molar-refractivity contribution in [3.8, 4) is 5.75 Å². The number of methoxy groups -OCH3 is 1. The summed E-state index contributed by atoms with van der Waals surface area (Å²) in [6, 6.07) is 9.83. The molecule has 0 saturated heterocycles. The normalized spacial score (nSPS) is 12.4. The summed E-state index contributed by atoms with van der Waals surface area (Å²) in [6.45, 7) is 2.01. The lowest BCUT2D eigenvalue weighted by atomic mass is 10.0. The number of benzene rings is 1. The van der Waals surface area contributed by atoms with Crippen LogP contribution in [0.15, 0.2) is 30.3 Å². The minimum Gasteiger partial charge on any atom is -0.496 e. The molecular formula is C13H15ClN2OS. The van der Waals surface area contributed by atoms with Gasteiger partial charge in [0.15, 0.2) is 0 Å². The van der Waals surface area contributed by atoms with Crippen molar-refractivity contribution in [2.45, 2.75) is 13.0 Å². The topological polar surface area (TPSA) is 47.3 Å². The molecule has 1 aromatic carbocycles. The van der Waals surface area contributed by atoms with E-state index in [2.05, 4.69) is 5.43 Å². The van der Waals surface area contributed by atoms with Gasteiger partial charge in [0.25, 0.3) is 0 Å². The lowest BCUT2D eigenvalue weighted by Gasteiger charge is -2.16. The molecule has 0 saturated carbocycles. The van der Waals surface area contributed by atoms with Gasteiger partial charge in [-0.1, -0.05) is 23.7 Å². The van der Waals surface area contributed by atoms with E-state index in [4.69, 9.17) is 22.2 Å². The number of rotatable bonds is 4. The number of aryl methyl sites for hydroxylation is 1. The molecule has 2 rings (SSSR count). The third kappa shape index (κ3) is 2.67. The van der Waals surface area contributed by atoms with Gasteiger partial charge in [0, 0.05) is 4.88 Å². The standard InChI is InChI=1S/C13H15ClN2OS/c1-8-3-4-9(7-10(8)17-2)13(16-15)11-5-6-12(14)18-11/h3-7,13,16H,15H2,1-2H3. The molecule has 0 aliphatic rings. The zero-order chi connectivity index (χ0) is 13.1. The zero-order valence-corrected chi connectivity index (χ0v) is 11.8. The minimum absolute atomic E-state index is 0.0722. The molecule has 1 aromatic heterocycles. The molecule has 1 heterocycles. The first kappa shape index (κ1) is 13.4. The molecule has 5 heteroatoms. The van der Waals surface area contributed by atoms with Crippen molar-refractivity contribution in [2.75, 3.05) is 7.11 Å². The Balaban J connectivity index is 2.38. The summed E-state index contributed by atoms with van der Waals surface area (Å²) in [6.07, 6.45) is 0. The van der Waals surface area contributed by atoms with Gasteiger partial charge < -0.3 is 4.74 Å². The highest BCUT2D eigenvalue weighted by Gasteiger charge is 2.15. The van der Waals surface area contributed by atoms with Crippen molar-refractivity contribution >= 4 is 22.9 Å². The van der Waals surface area contributed by atoms with Crippen LogP contribution in [0.5, 0.6) is 5.75 Å². The molecule has 0 aliphatic heterocycles. The fourth-order valence-corrected chi connectivity index (χ4v) is 2.99. The summed E-state index contributed by atoms with van der Waals surface area (Å²) in [5, 5.41) is 0. The second-order valence-corrected chi connectivity index (χ2v) is 5.72. The Morgan fingerprint density at radius 3 is 2.67 bits per heavy atom. The van der Waals surface area contributed by atoms with E-state index in [-0.39, 0.29) is 6.04 Å². The molecule has 2 aromatic rings. The van der Waals surface area contributed by atoms with E-state index in [0.29, 0.717) is 0 Å². The number of halogens is 1. The molecule has 1 unspecified atom stereocenters. The molecular weight excluding hydrogens is 268 g/mol. The van der Waals surface area contributed by atoms with Gasteiger partial charge in [0.2, 0.25) is 0 Å². The summed E-state index contributed by atoms with van der Waals surface area (Å²) in [5.41, 5.74) is 4.97. The second kappa shape index (κ2) is 5.71. The van der Waals surface area contributed by atoms with Crippen LogP contribution in [0.4, 0.5) is 0 Å². The average molecular weight is 283 g/mol. The highest BCUT2D eigenvalue weighted by atomic mass is 35.5. The smallest absolute Gasteiger partial charge is 0.122 e. The van der Waals surface area contributed by atoms with Gasteiger partial charge in [0.05, 0.1) is 17.5 Å². The Morgan fingerprint density at radius 2 is 2.11 bits per heavy atom. The van der Waals surface area contributed by atoms with Crippen molar-refractivity contribution < 1.29 is 4.74 Å². The van der Waals surface area contributed by atoms with Crippen LogP contribution < -0.4 is 16.0 Å². The summed E-state index contributed by atoms with van der Waals surface area (Å²) in [5.74, 6) is 6.51.